The first kappa shape index (κ1) is 17.4. The maximum Gasteiger partial charge on any atom is 0.254 e. The van der Waals surface area contributed by atoms with E-state index in [2.05, 4.69) is 15.1 Å². The number of nitrogens with zero attached hydrogens (tertiary/aromatic N) is 4. The number of benzene rings is 2. The summed E-state index contributed by atoms with van der Waals surface area (Å²) in [5.41, 5.74) is 5.59. The van der Waals surface area contributed by atoms with Crippen LogP contribution in [0.25, 0.3) is 16.6 Å². The van der Waals surface area contributed by atoms with Crippen molar-refractivity contribution in [3.8, 4) is 0 Å². The lowest BCUT2D eigenvalue weighted by molar-refractivity contribution is -0.134. The largest absolute Gasteiger partial charge is 0.375 e. The van der Waals surface area contributed by atoms with Crippen LogP contribution < -0.4 is 5.73 Å². The van der Waals surface area contributed by atoms with E-state index in [1.54, 1.807) is 35.7 Å². The molecule has 27 heavy (non-hydrogen) atoms. The fourth-order valence-electron chi connectivity index (χ4n) is 2.91. The molecule has 136 valence electrons. The molecule has 4 aromatic rings. The van der Waals surface area contributed by atoms with Crippen LogP contribution in [0, 0.1) is 6.92 Å². The minimum atomic E-state index is -1.82. The Kier molecular flexibility index (Phi) is 4.29. The van der Waals surface area contributed by atoms with Crippen LogP contribution in [-0.4, -0.2) is 36.3 Å². The number of aromatic nitrogens is 4. The summed E-state index contributed by atoms with van der Waals surface area (Å²) in [6.45, 7) is 1.81. The average Bonchev–Trinajstić information content (AvgIpc) is 3.08. The van der Waals surface area contributed by atoms with Crippen molar-refractivity contribution in [3.63, 3.8) is 0 Å². The fraction of sp³-hybridized carbons (Fsp3) is 0.158. The summed E-state index contributed by atoms with van der Waals surface area (Å²) < 4.78 is 1.63. The smallest absolute Gasteiger partial charge is 0.254 e. The van der Waals surface area contributed by atoms with Gasteiger partial charge in [0.1, 0.15) is 5.82 Å². The van der Waals surface area contributed by atoms with Crippen LogP contribution in [0.5, 0.6) is 0 Å². The summed E-state index contributed by atoms with van der Waals surface area (Å²) >= 11 is 1.21. The van der Waals surface area contributed by atoms with Crippen molar-refractivity contribution in [2.45, 2.75) is 17.7 Å². The molecular weight excluding hydrogens is 362 g/mol. The van der Waals surface area contributed by atoms with E-state index in [0.29, 0.717) is 22.2 Å². The summed E-state index contributed by atoms with van der Waals surface area (Å²) in [6, 6.07) is 16.3. The quantitative estimate of drug-likeness (QED) is 0.406. The average molecular weight is 379 g/mol. The van der Waals surface area contributed by atoms with E-state index in [4.69, 9.17) is 5.73 Å². The molecule has 0 saturated carbocycles. The van der Waals surface area contributed by atoms with Gasteiger partial charge in [0.2, 0.25) is 0 Å². The number of carbonyl (C=O) groups excluding carboxylic acids is 1. The van der Waals surface area contributed by atoms with Gasteiger partial charge in [0.25, 0.3) is 5.91 Å². The summed E-state index contributed by atoms with van der Waals surface area (Å²) in [5, 5.41) is 16.8. The molecule has 0 bridgehead atoms. The van der Waals surface area contributed by atoms with Crippen molar-refractivity contribution in [1.82, 2.24) is 19.6 Å². The Morgan fingerprint density at radius 2 is 1.85 bits per heavy atom. The maximum absolute atomic E-state index is 12.0. The third kappa shape index (κ3) is 3.02. The standard InChI is InChI=1S/C19H17N5O2S/c1-12-21-16-14-9-5-6-10-15(14)22-18(24(16)23-12)27-11-19(26,17(20)25)13-7-3-2-4-8-13/h2-10,26H,11H2,1H3,(H2,20,25). The van der Waals surface area contributed by atoms with E-state index < -0.39 is 11.5 Å². The maximum atomic E-state index is 12.0. The molecule has 0 aliphatic heterocycles. The zero-order valence-electron chi connectivity index (χ0n) is 14.5. The second-order valence-electron chi connectivity index (χ2n) is 6.19. The minimum absolute atomic E-state index is 0.00565. The van der Waals surface area contributed by atoms with E-state index >= 15 is 0 Å². The van der Waals surface area contributed by atoms with E-state index in [1.165, 1.54) is 11.8 Å². The predicted octanol–water partition coefficient (Wildman–Crippen LogP) is 2.05. The molecule has 0 spiro atoms. The highest BCUT2D eigenvalue weighted by atomic mass is 32.2. The van der Waals surface area contributed by atoms with Crippen LogP contribution in [-0.2, 0) is 10.4 Å². The molecule has 1 unspecified atom stereocenters. The lowest BCUT2D eigenvalue weighted by Gasteiger charge is -2.24. The Morgan fingerprint density at radius 1 is 1.15 bits per heavy atom. The Labute approximate surface area is 159 Å². The van der Waals surface area contributed by atoms with Crippen molar-refractivity contribution >= 4 is 34.2 Å². The van der Waals surface area contributed by atoms with E-state index in [9.17, 15) is 9.90 Å². The van der Waals surface area contributed by atoms with E-state index in [0.717, 1.165) is 10.9 Å². The summed E-state index contributed by atoms with van der Waals surface area (Å²) in [5.74, 6) is -0.192. The van der Waals surface area contributed by atoms with Crippen LogP contribution >= 0.6 is 11.8 Å². The van der Waals surface area contributed by atoms with Crippen molar-refractivity contribution in [2.75, 3.05) is 5.75 Å². The number of aliphatic hydroxyl groups is 1. The fourth-order valence-corrected chi connectivity index (χ4v) is 3.97. The van der Waals surface area contributed by atoms with Gasteiger partial charge >= 0.3 is 0 Å². The Bertz CT molecular complexity index is 1140. The van der Waals surface area contributed by atoms with Gasteiger partial charge in [-0.15, -0.1) is 5.10 Å². The molecule has 3 N–H and O–H groups in total. The number of carbonyl (C=O) groups is 1. The van der Waals surface area contributed by atoms with E-state index in [-0.39, 0.29) is 5.75 Å². The number of primary amides is 1. The third-order valence-corrected chi connectivity index (χ3v) is 5.41. The zero-order chi connectivity index (χ0) is 19.0. The first-order valence-electron chi connectivity index (χ1n) is 8.32. The zero-order valence-corrected chi connectivity index (χ0v) is 15.3. The van der Waals surface area contributed by atoms with Gasteiger partial charge in [0.05, 0.1) is 5.52 Å². The Balaban J connectivity index is 1.77. The highest BCUT2D eigenvalue weighted by molar-refractivity contribution is 7.99. The lowest BCUT2D eigenvalue weighted by atomic mass is 9.95. The van der Waals surface area contributed by atoms with Crippen molar-refractivity contribution < 1.29 is 9.90 Å². The number of amides is 1. The van der Waals surface area contributed by atoms with Gasteiger partial charge in [-0.1, -0.05) is 54.2 Å². The molecular formula is C19H17N5O2S. The van der Waals surface area contributed by atoms with Crippen molar-refractivity contribution in [3.05, 3.63) is 66.0 Å². The molecule has 1 atom stereocenters. The Hall–Kier alpha value is -2.97. The number of thioether (sulfide) groups is 1. The van der Waals surface area contributed by atoms with Crippen molar-refractivity contribution in [2.24, 2.45) is 5.73 Å². The molecule has 7 nitrogen and oxygen atoms in total. The van der Waals surface area contributed by atoms with Crippen LogP contribution in [0.3, 0.4) is 0 Å². The molecule has 0 aliphatic carbocycles. The van der Waals surface area contributed by atoms with Gasteiger partial charge < -0.3 is 10.8 Å². The lowest BCUT2D eigenvalue weighted by Crippen LogP contribution is -2.43. The number of aryl methyl sites for hydroxylation is 1. The number of rotatable bonds is 5. The molecule has 2 aromatic heterocycles. The van der Waals surface area contributed by atoms with Crippen LogP contribution in [0.15, 0.2) is 59.8 Å². The van der Waals surface area contributed by atoms with Gasteiger partial charge in [0.15, 0.2) is 16.4 Å². The molecule has 0 radical (unpaired) electrons. The number of nitrogens with two attached hydrogens (primary N) is 1. The molecule has 0 aliphatic rings. The van der Waals surface area contributed by atoms with Gasteiger partial charge in [-0.2, -0.15) is 4.52 Å². The molecule has 8 heteroatoms. The van der Waals surface area contributed by atoms with Crippen LogP contribution in [0.2, 0.25) is 0 Å². The van der Waals surface area contributed by atoms with Crippen LogP contribution in [0.4, 0.5) is 0 Å². The summed E-state index contributed by atoms with van der Waals surface area (Å²) in [4.78, 5) is 21.1. The second kappa shape index (κ2) is 6.64. The molecule has 0 fully saturated rings. The number of fused-ring (bicyclic) bond motifs is 3. The monoisotopic (exact) mass is 379 g/mol. The van der Waals surface area contributed by atoms with Gasteiger partial charge in [-0.05, 0) is 24.6 Å². The number of hydrogen-bond acceptors (Lipinski definition) is 6. The highest BCUT2D eigenvalue weighted by Crippen LogP contribution is 2.30. The van der Waals surface area contributed by atoms with Crippen LogP contribution in [0.1, 0.15) is 11.4 Å². The number of para-hydroxylation sites is 1. The van der Waals surface area contributed by atoms with Crippen molar-refractivity contribution in [1.29, 1.82) is 0 Å². The highest BCUT2D eigenvalue weighted by Gasteiger charge is 2.36. The SMILES string of the molecule is Cc1nc2c3ccccc3nc(SCC(O)(C(N)=O)c3ccccc3)n2n1. The molecule has 1 amide bonds. The first-order valence-corrected chi connectivity index (χ1v) is 9.30. The predicted molar refractivity (Wildman–Crippen MR) is 103 cm³/mol. The number of hydrogen-bond donors (Lipinski definition) is 2. The van der Waals surface area contributed by atoms with Gasteiger partial charge in [-0.3, -0.25) is 4.79 Å². The molecule has 0 saturated heterocycles. The Morgan fingerprint density at radius 3 is 2.59 bits per heavy atom. The normalized spacial score (nSPS) is 13.7. The van der Waals surface area contributed by atoms with Gasteiger partial charge in [0, 0.05) is 11.1 Å². The minimum Gasteiger partial charge on any atom is -0.375 e. The molecule has 4 rings (SSSR count). The molecule has 2 aromatic carbocycles. The topological polar surface area (TPSA) is 106 Å². The van der Waals surface area contributed by atoms with E-state index in [1.807, 2.05) is 30.3 Å². The first-order chi connectivity index (χ1) is 13.0. The summed E-state index contributed by atoms with van der Waals surface area (Å²) in [7, 11) is 0. The van der Waals surface area contributed by atoms with Gasteiger partial charge in [-0.25, -0.2) is 9.97 Å². The summed E-state index contributed by atoms with van der Waals surface area (Å²) in [6.07, 6.45) is 0. The second-order valence-corrected chi connectivity index (χ2v) is 7.13. The molecule has 2 heterocycles. The third-order valence-electron chi connectivity index (χ3n) is 4.32.